The molecule has 1 amide bonds. The fourth-order valence-corrected chi connectivity index (χ4v) is 3.40. The van der Waals surface area contributed by atoms with Crippen molar-refractivity contribution in [2.75, 3.05) is 11.9 Å². The number of nitrogens with one attached hydrogen (secondary N) is 1. The van der Waals surface area contributed by atoms with Gasteiger partial charge in [-0.1, -0.05) is 35.1 Å². The van der Waals surface area contributed by atoms with Crippen molar-refractivity contribution in [3.05, 3.63) is 47.3 Å². The standard InChI is InChI=1S/C16H15N3O2S2/c1-11-4-6-12(7-5-11)21-9-8-14(20)17-16-19-18-15(23-16)13-3-2-10-22-13/h2-7,10H,8-9H2,1H3,(H,17,19,20). The number of hydrogen-bond donors (Lipinski definition) is 1. The van der Waals surface area contributed by atoms with Crippen LogP contribution in [0.3, 0.4) is 0 Å². The van der Waals surface area contributed by atoms with E-state index in [9.17, 15) is 4.79 Å². The Kier molecular flexibility index (Phi) is 4.99. The lowest BCUT2D eigenvalue weighted by Gasteiger charge is -2.05. The third-order valence-electron chi connectivity index (χ3n) is 3.02. The predicted molar refractivity (Wildman–Crippen MR) is 93.1 cm³/mol. The highest BCUT2D eigenvalue weighted by Gasteiger charge is 2.10. The molecule has 1 N–H and O–H groups in total. The molecule has 0 aliphatic heterocycles. The minimum atomic E-state index is -0.133. The van der Waals surface area contributed by atoms with Crippen molar-refractivity contribution in [2.45, 2.75) is 13.3 Å². The zero-order valence-corrected chi connectivity index (χ0v) is 14.1. The first-order chi connectivity index (χ1) is 11.2. The van der Waals surface area contributed by atoms with Gasteiger partial charge >= 0.3 is 0 Å². The van der Waals surface area contributed by atoms with E-state index in [4.69, 9.17) is 4.74 Å². The number of hydrogen-bond acceptors (Lipinski definition) is 6. The van der Waals surface area contributed by atoms with E-state index in [2.05, 4.69) is 15.5 Å². The summed E-state index contributed by atoms with van der Waals surface area (Å²) in [5, 5.41) is 14.1. The lowest BCUT2D eigenvalue weighted by atomic mass is 10.2. The number of amides is 1. The number of thiophene rings is 1. The number of aromatic nitrogens is 2. The summed E-state index contributed by atoms with van der Waals surface area (Å²) in [6.45, 7) is 2.34. The summed E-state index contributed by atoms with van der Waals surface area (Å²) in [4.78, 5) is 12.9. The van der Waals surface area contributed by atoms with E-state index in [-0.39, 0.29) is 12.3 Å². The fourth-order valence-electron chi connectivity index (χ4n) is 1.85. The van der Waals surface area contributed by atoms with Crippen LogP contribution in [0.2, 0.25) is 0 Å². The molecule has 0 bridgehead atoms. The minimum absolute atomic E-state index is 0.133. The number of benzene rings is 1. The van der Waals surface area contributed by atoms with E-state index < -0.39 is 0 Å². The Morgan fingerprint density at radius 1 is 1.22 bits per heavy atom. The lowest BCUT2D eigenvalue weighted by Crippen LogP contribution is -2.15. The molecule has 0 unspecified atom stereocenters. The van der Waals surface area contributed by atoms with Crippen molar-refractivity contribution in [1.29, 1.82) is 0 Å². The highest BCUT2D eigenvalue weighted by atomic mass is 32.1. The third-order valence-corrected chi connectivity index (χ3v) is 4.90. The number of ether oxygens (including phenoxy) is 1. The van der Waals surface area contributed by atoms with Crippen LogP contribution in [0.4, 0.5) is 5.13 Å². The average molecular weight is 345 g/mol. The number of nitrogens with zero attached hydrogens (tertiary/aromatic N) is 2. The van der Waals surface area contributed by atoms with Crippen LogP contribution in [-0.4, -0.2) is 22.7 Å². The molecule has 0 saturated heterocycles. The van der Waals surface area contributed by atoms with Crippen LogP contribution in [0.1, 0.15) is 12.0 Å². The van der Waals surface area contributed by atoms with E-state index in [1.54, 1.807) is 11.3 Å². The predicted octanol–water partition coefficient (Wildman–Crippen LogP) is 3.98. The van der Waals surface area contributed by atoms with Crippen molar-refractivity contribution in [3.63, 3.8) is 0 Å². The largest absolute Gasteiger partial charge is 0.493 e. The van der Waals surface area contributed by atoms with Gasteiger partial charge in [0.05, 0.1) is 17.9 Å². The van der Waals surface area contributed by atoms with Gasteiger partial charge in [0.2, 0.25) is 11.0 Å². The Labute approximate surface area is 142 Å². The lowest BCUT2D eigenvalue weighted by molar-refractivity contribution is -0.116. The van der Waals surface area contributed by atoms with Gasteiger partial charge in [-0.15, -0.1) is 21.5 Å². The number of carbonyl (C=O) groups is 1. The van der Waals surface area contributed by atoms with Crippen LogP contribution < -0.4 is 10.1 Å². The van der Waals surface area contributed by atoms with Crippen LogP contribution in [0, 0.1) is 6.92 Å². The molecule has 0 saturated carbocycles. The third kappa shape index (κ3) is 4.37. The van der Waals surface area contributed by atoms with Gasteiger partial charge in [-0.25, -0.2) is 0 Å². The summed E-state index contributed by atoms with van der Waals surface area (Å²) in [6.07, 6.45) is 0.266. The smallest absolute Gasteiger partial charge is 0.229 e. The number of aryl methyl sites for hydroxylation is 1. The summed E-state index contributed by atoms with van der Waals surface area (Å²) in [5.74, 6) is 0.630. The van der Waals surface area contributed by atoms with Crippen molar-refractivity contribution >= 4 is 33.7 Å². The normalized spacial score (nSPS) is 10.5. The Bertz CT molecular complexity index is 767. The van der Waals surface area contributed by atoms with Crippen LogP contribution in [0.5, 0.6) is 5.75 Å². The number of anilines is 1. The Morgan fingerprint density at radius 3 is 2.78 bits per heavy atom. The molecule has 0 aliphatic rings. The Hall–Kier alpha value is -2.25. The molecule has 0 atom stereocenters. The van der Waals surface area contributed by atoms with Crippen molar-refractivity contribution < 1.29 is 9.53 Å². The van der Waals surface area contributed by atoms with Crippen molar-refractivity contribution in [1.82, 2.24) is 10.2 Å². The first-order valence-electron chi connectivity index (χ1n) is 7.07. The molecule has 5 nitrogen and oxygen atoms in total. The summed E-state index contributed by atoms with van der Waals surface area (Å²) < 4.78 is 5.54. The highest BCUT2D eigenvalue weighted by molar-refractivity contribution is 7.23. The molecule has 7 heteroatoms. The van der Waals surface area contributed by atoms with Crippen LogP contribution >= 0.6 is 22.7 Å². The fraction of sp³-hybridized carbons (Fsp3) is 0.188. The molecule has 3 rings (SSSR count). The second-order valence-corrected chi connectivity index (χ2v) is 6.77. The molecule has 2 heterocycles. The molecule has 0 spiro atoms. The summed E-state index contributed by atoms with van der Waals surface area (Å²) in [7, 11) is 0. The molecule has 118 valence electrons. The van der Waals surface area contributed by atoms with E-state index in [1.807, 2.05) is 48.7 Å². The van der Waals surface area contributed by atoms with Crippen LogP contribution in [-0.2, 0) is 4.79 Å². The Balaban J connectivity index is 1.47. The van der Waals surface area contributed by atoms with Crippen molar-refractivity contribution in [3.8, 4) is 15.6 Å². The van der Waals surface area contributed by atoms with Crippen molar-refractivity contribution in [2.24, 2.45) is 0 Å². The summed E-state index contributed by atoms with van der Waals surface area (Å²) in [6, 6.07) is 11.7. The molecule has 23 heavy (non-hydrogen) atoms. The maximum Gasteiger partial charge on any atom is 0.229 e. The quantitative estimate of drug-likeness (QED) is 0.734. The molecular formula is C16H15N3O2S2. The van der Waals surface area contributed by atoms with Gasteiger partial charge in [-0.05, 0) is 30.5 Å². The van der Waals surface area contributed by atoms with E-state index in [1.165, 1.54) is 16.9 Å². The van der Waals surface area contributed by atoms with Gasteiger partial charge in [0.25, 0.3) is 0 Å². The van der Waals surface area contributed by atoms with Crippen LogP contribution in [0.15, 0.2) is 41.8 Å². The van der Waals surface area contributed by atoms with Gasteiger partial charge < -0.3 is 10.1 Å². The van der Waals surface area contributed by atoms with Crippen LogP contribution in [0.25, 0.3) is 9.88 Å². The average Bonchev–Trinajstić information content (AvgIpc) is 3.20. The monoisotopic (exact) mass is 345 g/mol. The SMILES string of the molecule is Cc1ccc(OCCC(=O)Nc2nnc(-c3cccs3)s2)cc1. The minimum Gasteiger partial charge on any atom is -0.493 e. The highest BCUT2D eigenvalue weighted by Crippen LogP contribution is 2.29. The molecular weight excluding hydrogens is 330 g/mol. The van der Waals surface area contributed by atoms with E-state index in [0.717, 1.165) is 15.6 Å². The number of carbonyl (C=O) groups excluding carboxylic acids is 1. The topological polar surface area (TPSA) is 64.1 Å². The zero-order chi connectivity index (χ0) is 16.1. The van der Waals surface area contributed by atoms with Gasteiger partial charge in [0.15, 0.2) is 5.01 Å². The molecule has 3 aromatic rings. The summed E-state index contributed by atoms with van der Waals surface area (Å²) in [5.41, 5.74) is 1.17. The maximum atomic E-state index is 11.9. The van der Waals surface area contributed by atoms with Gasteiger partial charge in [-0.2, -0.15) is 0 Å². The molecule has 0 fully saturated rings. The second-order valence-electron chi connectivity index (χ2n) is 4.85. The first kappa shape index (κ1) is 15.6. The second kappa shape index (κ2) is 7.34. The van der Waals surface area contributed by atoms with Gasteiger partial charge in [-0.3, -0.25) is 4.79 Å². The number of rotatable bonds is 6. The zero-order valence-electron chi connectivity index (χ0n) is 12.5. The first-order valence-corrected chi connectivity index (χ1v) is 8.77. The van der Waals surface area contributed by atoms with Gasteiger partial charge in [0.1, 0.15) is 5.75 Å². The Morgan fingerprint density at radius 2 is 2.04 bits per heavy atom. The van der Waals surface area contributed by atoms with Gasteiger partial charge in [0, 0.05) is 0 Å². The molecule has 1 aromatic carbocycles. The van der Waals surface area contributed by atoms with E-state index >= 15 is 0 Å². The van der Waals surface area contributed by atoms with E-state index in [0.29, 0.717) is 11.7 Å². The molecule has 0 radical (unpaired) electrons. The maximum absolute atomic E-state index is 11.9. The molecule has 2 aromatic heterocycles. The summed E-state index contributed by atoms with van der Waals surface area (Å²) >= 11 is 2.96. The molecule has 0 aliphatic carbocycles.